The highest BCUT2D eigenvalue weighted by Crippen LogP contribution is 2.54. The van der Waals surface area contributed by atoms with Gasteiger partial charge in [-0.2, -0.15) is 0 Å². The second kappa shape index (κ2) is 3.84. The quantitative estimate of drug-likeness (QED) is 0.860. The number of benzene rings is 1. The molecule has 3 heteroatoms. The number of rotatable bonds is 1. The molecular weight excluding hydrogens is 280 g/mol. The Morgan fingerprint density at radius 1 is 1.41 bits per heavy atom. The molecule has 1 saturated carbocycles. The number of halogens is 1. The Balaban J connectivity index is 2.10. The maximum Gasteiger partial charge on any atom is 0.307 e. The van der Waals surface area contributed by atoms with E-state index in [2.05, 4.69) is 28.1 Å². The summed E-state index contributed by atoms with van der Waals surface area (Å²) in [6, 6.07) is 6.34. The molecule has 1 atom stereocenters. The summed E-state index contributed by atoms with van der Waals surface area (Å²) in [5.41, 5.74) is 2.59. The molecule has 3 rings (SSSR count). The van der Waals surface area contributed by atoms with Crippen LogP contribution in [0.5, 0.6) is 0 Å². The van der Waals surface area contributed by atoms with Crippen molar-refractivity contribution in [2.45, 2.75) is 37.5 Å². The van der Waals surface area contributed by atoms with Gasteiger partial charge in [0, 0.05) is 9.89 Å². The van der Waals surface area contributed by atoms with E-state index >= 15 is 0 Å². The number of fused-ring (bicyclic) bond motifs is 2. The molecule has 0 aliphatic heterocycles. The van der Waals surface area contributed by atoms with E-state index in [4.69, 9.17) is 0 Å². The molecule has 90 valence electrons. The van der Waals surface area contributed by atoms with Gasteiger partial charge in [0.05, 0.1) is 5.92 Å². The Morgan fingerprint density at radius 3 is 2.76 bits per heavy atom. The third kappa shape index (κ3) is 1.55. The fourth-order valence-electron chi connectivity index (χ4n) is 3.55. The van der Waals surface area contributed by atoms with Crippen LogP contribution in [0.1, 0.15) is 36.8 Å². The van der Waals surface area contributed by atoms with Crippen LogP contribution in [-0.4, -0.2) is 11.1 Å². The lowest BCUT2D eigenvalue weighted by Crippen LogP contribution is -2.48. The zero-order valence-corrected chi connectivity index (χ0v) is 11.2. The van der Waals surface area contributed by atoms with Crippen LogP contribution >= 0.6 is 15.9 Å². The number of hydrogen-bond donors (Lipinski definition) is 1. The van der Waals surface area contributed by atoms with Gasteiger partial charge in [-0.3, -0.25) is 4.79 Å². The van der Waals surface area contributed by atoms with Crippen LogP contribution in [-0.2, 0) is 16.6 Å². The fourth-order valence-corrected chi connectivity index (χ4v) is 3.96. The zero-order valence-electron chi connectivity index (χ0n) is 9.58. The van der Waals surface area contributed by atoms with Crippen LogP contribution in [0, 0.1) is 5.92 Å². The number of aliphatic carboxylic acids is 1. The van der Waals surface area contributed by atoms with Crippen molar-refractivity contribution in [3.8, 4) is 0 Å². The number of carboxylic acids is 1. The van der Waals surface area contributed by atoms with E-state index in [-0.39, 0.29) is 11.3 Å². The normalized spacial score (nSPS) is 25.1. The molecule has 1 aromatic carbocycles. The van der Waals surface area contributed by atoms with Crippen molar-refractivity contribution in [1.29, 1.82) is 0 Å². The molecular formula is C14H15BrO2. The van der Waals surface area contributed by atoms with Crippen molar-refractivity contribution in [3.05, 3.63) is 33.8 Å². The van der Waals surface area contributed by atoms with E-state index in [0.29, 0.717) is 0 Å². The summed E-state index contributed by atoms with van der Waals surface area (Å²) >= 11 is 3.50. The topological polar surface area (TPSA) is 37.3 Å². The number of carbonyl (C=O) groups is 1. The first kappa shape index (κ1) is 11.3. The van der Waals surface area contributed by atoms with Crippen LogP contribution in [0.3, 0.4) is 0 Å². The molecule has 0 radical (unpaired) electrons. The van der Waals surface area contributed by atoms with E-state index in [0.717, 1.165) is 30.2 Å². The van der Waals surface area contributed by atoms with Gasteiger partial charge in [0.15, 0.2) is 0 Å². The van der Waals surface area contributed by atoms with Crippen molar-refractivity contribution < 1.29 is 9.90 Å². The van der Waals surface area contributed by atoms with Crippen molar-refractivity contribution in [3.63, 3.8) is 0 Å². The maximum atomic E-state index is 11.4. The van der Waals surface area contributed by atoms with E-state index in [1.165, 1.54) is 17.5 Å². The number of carboxylic acid groups (broad SMARTS) is 1. The smallest absolute Gasteiger partial charge is 0.307 e. The lowest BCUT2D eigenvalue weighted by Gasteiger charge is -2.50. The van der Waals surface area contributed by atoms with Crippen molar-refractivity contribution in [2.24, 2.45) is 5.92 Å². The lowest BCUT2D eigenvalue weighted by molar-refractivity contribution is -0.147. The molecule has 0 aromatic heterocycles. The molecule has 1 spiro atoms. The summed E-state index contributed by atoms with van der Waals surface area (Å²) in [7, 11) is 0. The molecule has 0 saturated heterocycles. The molecule has 2 nitrogen and oxygen atoms in total. The average molecular weight is 295 g/mol. The number of aryl methyl sites for hydroxylation is 1. The summed E-state index contributed by atoms with van der Waals surface area (Å²) < 4.78 is 1.10. The van der Waals surface area contributed by atoms with E-state index in [1.807, 2.05) is 6.07 Å². The van der Waals surface area contributed by atoms with Crippen LogP contribution < -0.4 is 0 Å². The van der Waals surface area contributed by atoms with Gasteiger partial charge in [-0.15, -0.1) is 0 Å². The Morgan fingerprint density at radius 2 is 2.18 bits per heavy atom. The summed E-state index contributed by atoms with van der Waals surface area (Å²) in [5, 5.41) is 9.41. The standard InChI is InChI=1S/C14H15BrO2/c15-10-3-5-11-9(8-10)2-4-12(13(16)17)14(11)6-1-7-14/h3,5,8,12H,1-2,4,6-7H2,(H,16,17). The van der Waals surface area contributed by atoms with Gasteiger partial charge in [-0.05, 0) is 48.9 Å². The van der Waals surface area contributed by atoms with Crippen LogP contribution in [0.2, 0.25) is 0 Å². The summed E-state index contributed by atoms with van der Waals surface area (Å²) in [6.07, 6.45) is 4.93. The minimum Gasteiger partial charge on any atom is -0.481 e. The SMILES string of the molecule is O=C(O)C1CCc2cc(Br)ccc2C12CCC2. The molecule has 0 heterocycles. The third-order valence-corrected chi connectivity index (χ3v) is 5.01. The van der Waals surface area contributed by atoms with Gasteiger partial charge in [-0.25, -0.2) is 0 Å². The molecule has 2 aliphatic carbocycles. The molecule has 1 N–H and O–H groups in total. The first-order valence-corrected chi connectivity index (χ1v) is 6.94. The predicted octanol–water partition coefficient (Wildman–Crippen LogP) is 3.52. The Labute approximate surface area is 109 Å². The summed E-state index contributed by atoms with van der Waals surface area (Å²) in [5.74, 6) is -0.789. The molecule has 1 fully saturated rings. The molecule has 0 bridgehead atoms. The molecule has 1 unspecified atom stereocenters. The largest absolute Gasteiger partial charge is 0.481 e. The zero-order chi connectivity index (χ0) is 12.0. The van der Waals surface area contributed by atoms with Gasteiger partial charge in [0.25, 0.3) is 0 Å². The van der Waals surface area contributed by atoms with Crippen molar-refractivity contribution in [1.82, 2.24) is 0 Å². The lowest BCUT2D eigenvalue weighted by atomic mass is 9.53. The van der Waals surface area contributed by atoms with Gasteiger partial charge in [0.2, 0.25) is 0 Å². The van der Waals surface area contributed by atoms with E-state index in [1.54, 1.807) is 0 Å². The average Bonchev–Trinajstić information content (AvgIpc) is 2.24. The molecule has 1 aromatic rings. The monoisotopic (exact) mass is 294 g/mol. The minimum atomic E-state index is -0.613. The first-order valence-electron chi connectivity index (χ1n) is 6.15. The third-order valence-electron chi connectivity index (χ3n) is 4.52. The summed E-state index contributed by atoms with van der Waals surface area (Å²) in [6.45, 7) is 0. The Bertz CT molecular complexity index is 477. The van der Waals surface area contributed by atoms with Gasteiger partial charge < -0.3 is 5.11 Å². The summed E-state index contributed by atoms with van der Waals surface area (Å²) in [4.78, 5) is 11.4. The minimum absolute atomic E-state index is 0.0554. The second-order valence-electron chi connectivity index (χ2n) is 5.24. The van der Waals surface area contributed by atoms with Crippen molar-refractivity contribution >= 4 is 21.9 Å². The van der Waals surface area contributed by atoms with E-state index < -0.39 is 5.97 Å². The predicted molar refractivity (Wildman–Crippen MR) is 69.1 cm³/mol. The van der Waals surface area contributed by atoms with Gasteiger partial charge in [0.1, 0.15) is 0 Å². The Kier molecular flexibility index (Phi) is 2.54. The fraction of sp³-hybridized carbons (Fsp3) is 0.500. The number of hydrogen-bond acceptors (Lipinski definition) is 1. The Hall–Kier alpha value is -0.830. The van der Waals surface area contributed by atoms with Crippen LogP contribution in [0.15, 0.2) is 22.7 Å². The van der Waals surface area contributed by atoms with Crippen LogP contribution in [0.4, 0.5) is 0 Å². The second-order valence-corrected chi connectivity index (χ2v) is 6.16. The highest BCUT2D eigenvalue weighted by Gasteiger charge is 2.51. The molecule has 0 amide bonds. The van der Waals surface area contributed by atoms with Gasteiger partial charge in [-0.1, -0.05) is 28.4 Å². The highest BCUT2D eigenvalue weighted by molar-refractivity contribution is 9.10. The van der Waals surface area contributed by atoms with Gasteiger partial charge >= 0.3 is 5.97 Å². The van der Waals surface area contributed by atoms with E-state index in [9.17, 15) is 9.90 Å². The van der Waals surface area contributed by atoms with Crippen molar-refractivity contribution in [2.75, 3.05) is 0 Å². The maximum absolute atomic E-state index is 11.4. The molecule has 17 heavy (non-hydrogen) atoms. The highest BCUT2D eigenvalue weighted by atomic mass is 79.9. The first-order chi connectivity index (χ1) is 8.13. The molecule has 2 aliphatic rings. The van der Waals surface area contributed by atoms with Crippen LogP contribution in [0.25, 0.3) is 0 Å².